The lowest BCUT2D eigenvalue weighted by atomic mass is 9.85. The van der Waals surface area contributed by atoms with Crippen molar-refractivity contribution < 1.29 is 4.79 Å². The first-order valence-electron chi connectivity index (χ1n) is 13.0. The minimum absolute atomic E-state index is 0.146. The monoisotopic (exact) mass is 462 g/mol. The second-order valence-electron chi connectivity index (χ2n) is 10.7. The van der Waals surface area contributed by atoms with E-state index in [1.54, 1.807) is 6.20 Å². The van der Waals surface area contributed by atoms with Gasteiger partial charge in [-0.1, -0.05) is 36.8 Å². The second-order valence-corrected chi connectivity index (χ2v) is 10.7. The van der Waals surface area contributed by atoms with Crippen LogP contribution in [0.2, 0.25) is 0 Å². The van der Waals surface area contributed by atoms with E-state index in [2.05, 4.69) is 66.7 Å². The van der Waals surface area contributed by atoms with Gasteiger partial charge in [0.25, 0.3) is 5.91 Å². The van der Waals surface area contributed by atoms with Gasteiger partial charge in [-0.15, -0.1) is 0 Å². The summed E-state index contributed by atoms with van der Waals surface area (Å²) in [4.78, 5) is 25.1. The third-order valence-electron chi connectivity index (χ3n) is 8.38. The summed E-state index contributed by atoms with van der Waals surface area (Å²) < 4.78 is 0. The van der Waals surface area contributed by atoms with Crippen LogP contribution in [0, 0.1) is 20.8 Å². The fraction of sp³-hybridized carbons (Fsp3) is 0.586. The van der Waals surface area contributed by atoms with Crippen molar-refractivity contribution in [3.63, 3.8) is 0 Å². The topological polar surface area (TPSA) is 39.7 Å². The van der Waals surface area contributed by atoms with Crippen molar-refractivity contribution in [2.45, 2.75) is 78.4 Å². The first kappa shape index (κ1) is 24.9. The van der Waals surface area contributed by atoms with Gasteiger partial charge in [-0.3, -0.25) is 19.6 Å². The minimum atomic E-state index is 0.146. The SMILES string of the molecule is CC[C@@H](c1ccc(C)cc1)N1CCN(C2(C)CCN(C(=O)c3c(C)ccnc3C)CC2)C[C@@H]1C. The van der Waals surface area contributed by atoms with Crippen LogP contribution >= 0.6 is 0 Å². The summed E-state index contributed by atoms with van der Waals surface area (Å²) >= 11 is 0. The third-order valence-corrected chi connectivity index (χ3v) is 8.38. The number of piperazine rings is 1. The molecule has 0 spiro atoms. The van der Waals surface area contributed by atoms with Gasteiger partial charge in [0, 0.05) is 56.5 Å². The van der Waals surface area contributed by atoms with Crippen molar-refractivity contribution >= 4 is 5.91 Å². The highest BCUT2D eigenvalue weighted by Crippen LogP contribution is 2.34. The van der Waals surface area contributed by atoms with E-state index >= 15 is 0 Å². The van der Waals surface area contributed by atoms with Gasteiger partial charge in [-0.05, 0) is 71.1 Å². The largest absolute Gasteiger partial charge is 0.338 e. The Labute approximate surface area is 206 Å². The summed E-state index contributed by atoms with van der Waals surface area (Å²) in [6.45, 7) is 18.1. The standard InChI is InChI=1S/C29H42N4O/c1-7-26(25-10-8-21(2)9-11-25)33-19-18-32(20-23(33)4)29(6)13-16-31(17-14-29)28(34)27-22(3)12-15-30-24(27)5/h8-12,15,23,26H,7,13-14,16-20H2,1-6H3/t23-,26-/m0/s1. The molecule has 4 rings (SSSR count). The number of nitrogens with zero attached hydrogens (tertiary/aromatic N) is 4. The Kier molecular flexibility index (Phi) is 7.44. The highest BCUT2D eigenvalue weighted by atomic mass is 16.2. The number of hydrogen-bond acceptors (Lipinski definition) is 4. The number of piperidine rings is 1. The lowest BCUT2D eigenvalue weighted by Gasteiger charge is -2.53. The third kappa shape index (κ3) is 4.92. The van der Waals surface area contributed by atoms with Crippen LogP contribution in [-0.2, 0) is 0 Å². The average Bonchev–Trinajstić information content (AvgIpc) is 2.82. The van der Waals surface area contributed by atoms with Crippen molar-refractivity contribution in [3.05, 3.63) is 64.5 Å². The first-order valence-corrected chi connectivity index (χ1v) is 13.0. The number of likely N-dealkylation sites (tertiary alicyclic amines) is 1. The molecule has 2 aliphatic heterocycles. The number of pyridine rings is 1. The predicted molar refractivity (Wildman–Crippen MR) is 139 cm³/mol. The molecule has 1 aromatic carbocycles. The van der Waals surface area contributed by atoms with Gasteiger partial charge in [-0.2, -0.15) is 0 Å². The molecular weight excluding hydrogens is 420 g/mol. The number of carbonyl (C=O) groups is 1. The molecule has 2 aromatic rings. The Bertz CT molecular complexity index is 973. The number of benzene rings is 1. The van der Waals surface area contributed by atoms with Gasteiger partial charge < -0.3 is 4.90 Å². The van der Waals surface area contributed by atoms with Gasteiger partial charge >= 0.3 is 0 Å². The molecule has 0 N–H and O–H groups in total. The Morgan fingerprint density at radius 2 is 1.74 bits per heavy atom. The number of aromatic nitrogens is 1. The van der Waals surface area contributed by atoms with Gasteiger partial charge in [0.15, 0.2) is 0 Å². The summed E-state index contributed by atoms with van der Waals surface area (Å²) in [5.74, 6) is 0.146. The zero-order valence-corrected chi connectivity index (χ0v) is 22.0. The molecule has 184 valence electrons. The van der Waals surface area contributed by atoms with Crippen LogP contribution in [0.3, 0.4) is 0 Å². The Morgan fingerprint density at radius 3 is 2.32 bits per heavy atom. The number of carbonyl (C=O) groups excluding carboxylic acids is 1. The molecule has 2 aliphatic rings. The number of amides is 1. The Balaban J connectivity index is 1.39. The summed E-state index contributed by atoms with van der Waals surface area (Å²) in [5.41, 5.74) is 5.56. The zero-order chi connectivity index (χ0) is 24.5. The van der Waals surface area contributed by atoms with Crippen molar-refractivity contribution in [1.82, 2.24) is 19.7 Å². The summed E-state index contributed by atoms with van der Waals surface area (Å²) in [5, 5.41) is 0. The van der Waals surface area contributed by atoms with Gasteiger partial charge in [-0.25, -0.2) is 0 Å². The lowest BCUT2D eigenvalue weighted by molar-refractivity contribution is -0.0305. The zero-order valence-electron chi connectivity index (χ0n) is 22.0. The van der Waals surface area contributed by atoms with E-state index in [-0.39, 0.29) is 11.4 Å². The van der Waals surface area contributed by atoms with E-state index in [4.69, 9.17) is 0 Å². The van der Waals surface area contributed by atoms with Crippen LogP contribution in [0.4, 0.5) is 0 Å². The Morgan fingerprint density at radius 1 is 1.06 bits per heavy atom. The number of rotatable bonds is 5. The van der Waals surface area contributed by atoms with Crippen molar-refractivity contribution in [2.24, 2.45) is 0 Å². The van der Waals surface area contributed by atoms with Crippen LogP contribution < -0.4 is 0 Å². The van der Waals surface area contributed by atoms with Crippen molar-refractivity contribution in [3.8, 4) is 0 Å². The molecule has 3 heterocycles. The van der Waals surface area contributed by atoms with E-state index in [9.17, 15) is 4.79 Å². The van der Waals surface area contributed by atoms with Crippen LogP contribution in [0.1, 0.15) is 78.8 Å². The van der Waals surface area contributed by atoms with Crippen LogP contribution in [-0.4, -0.2) is 69.9 Å². The predicted octanol–water partition coefficient (Wildman–Crippen LogP) is 5.16. The summed E-state index contributed by atoms with van der Waals surface area (Å²) in [7, 11) is 0. The van der Waals surface area contributed by atoms with E-state index in [1.165, 1.54) is 11.1 Å². The Hall–Kier alpha value is -2.24. The maximum Gasteiger partial charge on any atom is 0.255 e. The van der Waals surface area contributed by atoms with E-state index in [0.717, 1.165) is 68.8 Å². The minimum Gasteiger partial charge on any atom is -0.338 e. The normalized spacial score (nSPS) is 22.5. The number of hydrogen-bond donors (Lipinski definition) is 0. The quantitative estimate of drug-likeness (QED) is 0.615. The molecular formula is C29H42N4O. The molecule has 0 aliphatic carbocycles. The summed E-state index contributed by atoms with van der Waals surface area (Å²) in [6.07, 6.45) is 4.98. The maximum atomic E-state index is 13.3. The molecule has 0 saturated carbocycles. The molecule has 5 nitrogen and oxygen atoms in total. The van der Waals surface area contributed by atoms with E-state index in [1.807, 2.05) is 24.8 Å². The molecule has 2 saturated heterocycles. The molecule has 5 heteroatoms. The molecule has 0 unspecified atom stereocenters. The molecule has 2 atom stereocenters. The molecule has 34 heavy (non-hydrogen) atoms. The van der Waals surface area contributed by atoms with Gasteiger partial charge in [0.1, 0.15) is 0 Å². The molecule has 2 fully saturated rings. The van der Waals surface area contributed by atoms with Crippen molar-refractivity contribution in [1.29, 1.82) is 0 Å². The van der Waals surface area contributed by atoms with E-state index in [0.29, 0.717) is 12.1 Å². The smallest absolute Gasteiger partial charge is 0.255 e. The second kappa shape index (κ2) is 10.2. The van der Waals surface area contributed by atoms with Crippen molar-refractivity contribution in [2.75, 3.05) is 32.7 Å². The van der Waals surface area contributed by atoms with E-state index < -0.39 is 0 Å². The molecule has 0 bridgehead atoms. The molecule has 1 aromatic heterocycles. The maximum absolute atomic E-state index is 13.3. The van der Waals surface area contributed by atoms with Crippen LogP contribution in [0.5, 0.6) is 0 Å². The molecule has 0 radical (unpaired) electrons. The fourth-order valence-corrected chi connectivity index (χ4v) is 6.06. The van der Waals surface area contributed by atoms with Crippen LogP contribution in [0.15, 0.2) is 36.5 Å². The average molecular weight is 463 g/mol. The fourth-order valence-electron chi connectivity index (χ4n) is 6.06. The van der Waals surface area contributed by atoms with Gasteiger partial charge in [0.05, 0.1) is 11.3 Å². The highest BCUT2D eigenvalue weighted by Gasteiger charge is 2.41. The first-order chi connectivity index (χ1) is 16.2. The number of aryl methyl sites for hydroxylation is 3. The molecule has 1 amide bonds. The summed E-state index contributed by atoms with van der Waals surface area (Å²) in [6, 6.07) is 12.0. The lowest BCUT2D eigenvalue weighted by Crippen LogP contribution is -2.62. The van der Waals surface area contributed by atoms with Gasteiger partial charge in [0.2, 0.25) is 0 Å². The highest BCUT2D eigenvalue weighted by molar-refractivity contribution is 5.96. The van der Waals surface area contributed by atoms with Crippen LogP contribution in [0.25, 0.3) is 0 Å².